The largest absolute Gasteiger partial charge is 0.481 e. The molecule has 5 aliphatic carbocycles. The minimum absolute atomic E-state index is 0.000438. The molecule has 2 aromatic rings. The van der Waals surface area contributed by atoms with E-state index in [0.29, 0.717) is 23.6 Å². The summed E-state index contributed by atoms with van der Waals surface area (Å²) in [4.78, 5) is 15.4. The minimum Gasteiger partial charge on any atom is -0.481 e. The van der Waals surface area contributed by atoms with Crippen LogP contribution in [0, 0.1) is 51.2 Å². The second-order valence-electron chi connectivity index (χ2n) is 19.0. The third-order valence-electron chi connectivity index (χ3n) is 15.8. The standard InChI is InChI=1S/C41H59N5O2/c1-37(2)21-28-26(29(22-37)36(47)48)12-14-41(7)33(28)27(24-8-10-25(11-9-24)46-18-16-43-17-19-46)20-32-39(5)23-30-34(44-45-35(30)42)38(3,4)31(39)13-15-40(32,41)6/h8-11,26,28-29,31-32,43H,12-23H2,1-7H3,(H,47,48)(H3,42,44,45)/t26-,28?,29+,31?,32?,39-,40+,41+/m0/s1. The number of carboxylic acids is 1. The molecule has 8 atom stereocenters. The summed E-state index contributed by atoms with van der Waals surface area (Å²) in [7, 11) is 0. The fourth-order valence-electron chi connectivity index (χ4n) is 13.5. The van der Waals surface area contributed by atoms with E-state index < -0.39 is 5.97 Å². The topological polar surface area (TPSA) is 107 Å². The Morgan fingerprint density at radius 2 is 1.67 bits per heavy atom. The Balaban J connectivity index is 1.31. The number of nitrogens with zero attached hydrogens (tertiary/aromatic N) is 2. The first-order valence-electron chi connectivity index (χ1n) is 19.0. The van der Waals surface area contributed by atoms with Crippen molar-refractivity contribution in [3.63, 3.8) is 0 Å². The van der Waals surface area contributed by atoms with E-state index in [-0.39, 0.29) is 38.9 Å². The molecule has 3 saturated carbocycles. The summed E-state index contributed by atoms with van der Waals surface area (Å²) < 4.78 is 0. The summed E-state index contributed by atoms with van der Waals surface area (Å²) in [5.74, 6) is 1.34. The summed E-state index contributed by atoms with van der Waals surface area (Å²) >= 11 is 0. The zero-order valence-electron chi connectivity index (χ0n) is 30.5. The van der Waals surface area contributed by atoms with Crippen LogP contribution < -0.4 is 16.0 Å². The maximum atomic E-state index is 12.9. The quantitative estimate of drug-likeness (QED) is 0.271. The van der Waals surface area contributed by atoms with Crippen LogP contribution in [0.4, 0.5) is 11.5 Å². The maximum absolute atomic E-state index is 12.9. The molecule has 1 aromatic carbocycles. The van der Waals surface area contributed by atoms with Gasteiger partial charge in [0, 0.05) is 48.5 Å². The number of aromatic amines is 1. The van der Waals surface area contributed by atoms with Crippen LogP contribution in [0.5, 0.6) is 0 Å². The number of hydrogen-bond donors (Lipinski definition) is 4. The molecular formula is C41H59N5O2. The Morgan fingerprint density at radius 1 is 0.958 bits per heavy atom. The predicted octanol–water partition coefficient (Wildman–Crippen LogP) is 7.68. The van der Waals surface area contributed by atoms with Crippen molar-refractivity contribution in [1.29, 1.82) is 0 Å². The van der Waals surface area contributed by atoms with Crippen LogP contribution in [-0.4, -0.2) is 47.5 Å². The number of H-pyrrole nitrogens is 1. The molecule has 3 unspecified atom stereocenters. The van der Waals surface area contributed by atoms with E-state index in [0.717, 1.165) is 64.7 Å². The summed E-state index contributed by atoms with van der Waals surface area (Å²) in [6, 6.07) is 9.54. The first-order valence-corrected chi connectivity index (χ1v) is 19.0. The number of carboxylic acid groups (broad SMARTS) is 1. The van der Waals surface area contributed by atoms with E-state index in [4.69, 9.17) is 5.73 Å². The van der Waals surface area contributed by atoms with Crippen LogP contribution in [0.15, 0.2) is 29.8 Å². The zero-order chi connectivity index (χ0) is 34.0. The Morgan fingerprint density at radius 3 is 2.35 bits per heavy atom. The smallest absolute Gasteiger partial charge is 0.306 e. The van der Waals surface area contributed by atoms with Crippen molar-refractivity contribution < 1.29 is 9.90 Å². The zero-order valence-corrected chi connectivity index (χ0v) is 30.5. The van der Waals surface area contributed by atoms with Crippen molar-refractivity contribution in [3.05, 3.63) is 46.7 Å². The van der Waals surface area contributed by atoms with E-state index in [1.54, 1.807) is 5.57 Å². The molecular weight excluding hydrogens is 594 g/mol. The summed E-state index contributed by atoms with van der Waals surface area (Å²) in [5.41, 5.74) is 15.1. The fraction of sp³-hybridized carbons (Fsp3) is 0.707. The van der Waals surface area contributed by atoms with Gasteiger partial charge in [0.15, 0.2) is 0 Å². The molecule has 1 aromatic heterocycles. The van der Waals surface area contributed by atoms with Gasteiger partial charge in [0.2, 0.25) is 0 Å². The highest BCUT2D eigenvalue weighted by atomic mass is 16.4. The van der Waals surface area contributed by atoms with Gasteiger partial charge in [0.25, 0.3) is 0 Å². The molecule has 1 aliphatic heterocycles. The number of carbonyl (C=O) groups is 1. The Hall–Kier alpha value is -2.80. The number of piperazine rings is 1. The Kier molecular flexibility index (Phi) is 7.16. The second kappa shape index (κ2) is 10.6. The van der Waals surface area contributed by atoms with E-state index >= 15 is 0 Å². The third-order valence-corrected chi connectivity index (χ3v) is 15.8. The molecule has 0 amide bonds. The van der Waals surface area contributed by atoms with Crippen LogP contribution in [-0.2, 0) is 16.6 Å². The van der Waals surface area contributed by atoms with Crippen LogP contribution in [0.3, 0.4) is 0 Å². The van der Waals surface area contributed by atoms with Crippen molar-refractivity contribution in [2.45, 2.75) is 105 Å². The molecule has 1 saturated heterocycles. The normalized spacial score (nSPS) is 39.8. The van der Waals surface area contributed by atoms with Crippen LogP contribution in [0.25, 0.3) is 5.57 Å². The molecule has 8 rings (SSSR count). The predicted molar refractivity (Wildman–Crippen MR) is 194 cm³/mol. The molecule has 2 heterocycles. The third kappa shape index (κ3) is 4.40. The van der Waals surface area contributed by atoms with Crippen molar-refractivity contribution in [3.8, 4) is 0 Å². The molecule has 48 heavy (non-hydrogen) atoms. The van der Waals surface area contributed by atoms with Crippen molar-refractivity contribution >= 4 is 23.0 Å². The van der Waals surface area contributed by atoms with E-state index in [9.17, 15) is 9.90 Å². The van der Waals surface area contributed by atoms with Gasteiger partial charge in [0.05, 0.1) is 5.92 Å². The van der Waals surface area contributed by atoms with Gasteiger partial charge in [0.1, 0.15) is 5.82 Å². The first-order chi connectivity index (χ1) is 22.6. The van der Waals surface area contributed by atoms with E-state index in [1.165, 1.54) is 40.9 Å². The average molecular weight is 654 g/mol. The number of nitrogens with one attached hydrogen (secondary N) is 2. The molecule has 6 aliphatic rings. The Labute approximate surface area is 287 Å². The average Bonchev–Trinajstić information content (AvgIpc) is 3.41. The number of aliphatic carboxylic acids is 1. The molecule has 260 valence electrons. The minimum atomic E-state index is -0.588. The lowest BCUT2D eigenvalue weighted by Crippen LogP contribution is -2.64. The Bertz CT molecular complexity index is 1650. The molecule has 0 spiro atoms. The number of rotatable bonds is 3. The number of fused-ring (bicyclic) bond motifs is 8. The monoisotopic (exact) mass is 653 g/mol. The molecule has 0 radical (unpaired) electrons. The maximum Gasteiger partial charge on any atom is 0.306 e. The lowest BCUT2D eigenvalue weighted by Gasteiger charge is -2.70. The molecule has 4 fully saturated rings. The van der Waals surface area contributed by atoms with Gasteiger partial charge in [-0.1, -0.05) is 66.2 Å². The highest BCUT2D eigenvalue weighted by molar-refractivity contribution is 5.76. The van der Waals surface area contributed by atoms with Crippen LogP contribution >= 0.6 is 0 Å². The number of hydrogen-bond acceptors (Lipinski definition) is 5. The number of benzene rings is 1. The fourth-order valence-corrected chi connectivity index (χ4v) is 13.5. The van der Waals surface area contributed by atoms with Crippen LogP contribution in [0.1, 0.15) is 110 Å². The van der Waals surface area contributed by atoms with Crippen molar-refractivity contribution in [1.82, 2.24) is 15.5 Å². The molecule has 7 nitrogen and oxygen atoms in total. The van der Waals surface area contributed by atoms with E-state index in [2.05, 4.69) is 93.1 Å². The van der Waals surface area contributed by atoms with Crippen molar-refractivity contribution in [2.75, 3.05) is 36.8 Å². The lowest BCUT2D eigenvalue weighted by atomic mass is 9.33. The number of aromatic nitrogens is 2. The highest BCUT2D eigenvalue weighted by Crippen LogP contribution is 2.76. The van der Waals surface area contributed by atoms with Crippen LogP contribution in [0.2, 0.25) is 0 Å². The number of nitrogen functional groups attached to an aromatic ring is 1. The summed E-state index contributed by atoms with van der Waals surface area (Å²) in [5, 5.41) is 22.0. The highest BCUT2D eigenvalue weighted by Gasteiger charge is 2.68. The number of anilines is 2. The van der Waals surface area contributed by atoms with Gasteiger partial charge in [-0.2, -0.15) is 5.10 Å². The number of allylic oxidation sites excluding steroid dienone is 2. The molecule has 5 N–H and O–H groups in total. The van der Waals surface area contributed by atoms with Gasteiger partial charge in [-0.25, -0.2) is 0 Å². The van der Waals surface area contributed by atoms with Gasteiger partial charge in [-0.05, 0) is 120 Å². The van der Waals surface area contributed by atoms with Gasteiger partial charge in [-0.3, -0.25) is 9.89 Å². The summed E-state index contributed by atoms with van der Waals surface area (Å²) in [6.07, 6.45) is 8.38. The van der Waals surface area contributed by atoms with Crippen molar-refractivity contribution in [2.24, 2.45) is 51.2 Å². The summed E-state index contributed by atoms with van der Waals surface area (Å²) in [6.45, 7) is 21.5. The van der Waals surface area contributed by atoms with E-state index in [1.807, 2.05) is 0 Å². The SMILES string of the molecule is CC1(C)CC2C3=C(c4ccc(N5CCNCC5)cc4)CC4[C@@]5(C)Cc6c(N)n[nH]c6C(C)(C)C5CC[C@@]4(C)[C@]3(C)CC[C@@H]2[C@H](C(=O)O)C1. The first kappa shape index (κ1) is 32.4. The molecule has 0 bridgehead atoms. The van der Waals surface area contributed by atoms with Gasteiger partial charge in [-0.15, -0.1) is 0 Å². The molecule has 7 heteroatoms. The lowest BCUT2D eigenvalue weighted by molar-refractivity contribution is -0.161. The van der Waals surface area contributed by atoms with Gasteiger partial charge < -0.3 is 21.1 Å². The van der Waals surface area contributed by atoms with Gasteiger partial charge >= 0.3 is 5.97 Å². The second-order valence-corrected chi connectivity index (χ2v) is 19.0. The number of nitrogens with two attached hydrogens (primary N) is 1.